The van der Waals surface area contributed by atoms with Gasteiger partial charge in [0.15, 0.2) is 17.6 Å². The Morgan fingerprint density at radius 2 is 2.16 bits per heavy atom. The number of fused-ring (bicyclic) bond motifs is 1. The van der Waals surface area contributed by atoms with Crippen molar-refractivity contribution in [2.24, 2.45) is 5.92 Å². The fraction of sp³-hybridized carbons (Fsp3) is 0.444. The Labute approximate surface area is 150 Å². The number of nitrogens with zero attached hydrogens (tertiary/aromatic N) is 2. The Bertz CT molecular complexity index is 716. The van der Waals surface area contributed by atoms with Gasteiger partial charge in [0.25, 0.3) is 0 Å². The zero-order valence-corrected chi connectivity index (χ0v) is 14.6. The molecule has 0 N–H and O–H groups in total. The van der Waals surface area contributed by atoms with Gasteiger partial charge in [0, 0.05) is 18.2 Å². The Morgan fingerprint density at radius 3 is 2.92 bits per heavy atom. The number of carbonyl (C=O) groups excluding carboxylic acids is 1. The lowest BCUT2D eigenvalue weighted by molar-refractivity contribution is -0.137. The molecule has 1 amide bonds. The second kappa shape index (κ2) is 7.41. The summed E-state index contributed by atoms with van der Waals surface area (Å²) in [6.45, 7) is 2.55. The minimum atomic E-state index is -0.193. The van der Waals surface area contributed by atoms with Crippen molar-refractivity contribution >= 4 is 17.2 Å². The van der Waals surface area contributed by atoms with Crippen molar-refractivity contribution in [3.05, 3.63) is 40.8 Å². The zero-order chi connectivity index (χ0) is 17.1. The highest BCUT2D eigenvalue weighted by atomic mass is 32.1. The van der Waals surface area contributed by atoms with Gasteiger partial charge in [0.1, 0.15) is 11.6 Å². The van der Waals surface area contributed by atoms with Crippen molar-refractivity contribution in [1.29, 1.82) is 0 Å². The Morgan fingerprint density at radius 1 is 1.28 bits per heavy atom. The second-order valence-electron chi connectivity index (χ2n) is 6.20. The monoisotopic (exact) mass is 360 g/mol. The van der Waals surface area contributed by atoms with Gasteiger partial charge < -0.3 is 19.1 Å². The third-order valence-corrected chi connectivity index (χ3v) is 5.16. The molecule has 2 aliphatic rings. The molecule has 0 radical (unpaired) electrons. The maximum atomic E-state index is 12.9. The number of ether oxygens (including phenoxy) is 3. The number of carbonyl (C=O) groups is 1. The van der Waals surface area contributed by atoms with Gasteiger partial charge in [-0.25, -0.2) is 4.98 Å². The maximum absolute atomic E-state index is 12.9. The van der Waals surface area contributed by atoms with E-state index in [1.165, 1.54) is 0 Å². The normalized spacial score (nSPS) is 21.9. The maximum Gasteiger partial charge on any atom is 0.228 e. The second-order valence-corrected chi connectivity index (χ2v) is 7.18. The molecule has 2 aromatic rings. The van der Waals surface area contributed by atoms with Gasteiger partial charge >= 0.3 is 0 Å². The molecule has 0 saturated carbocycles. The average Bonchev–Trinajstić information content (AvgIpc) is 3.34. The van der Waals surface area contributed by atoms with Gasteiger partial charge in [0.05, 0.1) is 25.6 Å². The summed E-state index contributed by atoms with van der Waals surface area (Å²) >= 11 is 1.55. The number of para-hydroxylation sites is 2. The van der Waals surface area contributed by atoms with Crippen LogP contribution in [0.2, 0.25) is 0 Å². The van der Waals surface area contributed by atoms with Gasteiger partial charge in [-0.3, -0.25) is 4.79 Å². The number of rotatable bonds is 5. The Balaban J connectivity index is 1.47. The molecule has 2 aliphatic heterocycles. The summed E-state index contributed by atoms with van der Waals surface area (Å²) in [5.41, 5.74) is 0. The van der Waals surface area contributed by atoms with Crippen LogP contribution < -0.4 is 9.47 Å². The van der Waals surface area contributed by atoms with Crippen LogP contribution in [0.1, 0.15) is 11.4 Å². The van der Waals surface area contributed by atoms with Crippen LogP contribution in [0.3, 0.4) is 0 Å². The molecule has 1 fully saturated rings. The van der Waals surface area contributed by atoms with Gasteiger partial charge in [-0.2, -0.15) is 0 Å². The Hall–Kier alpha value is -2.12. The first-order valence-electron chi connectivity index (χ1n) is 8.43. The van der Waals surface area contributed by atoms with E-state index in [1.807, 2.05) is 34.5 Å². The van der Waals surface area contributed by atoms with Gasteiger partial charge in [-0.1, -0.05) is 12.1 Å². The highest BCUT2D eigenvalue weighted by Gasteiger charge is 2.31. The third kappa shape index (κ3) is 3.77. The summed E-state index contributed by atoms with van der Waals surface area (Å²) in [7, 11) is 0. The number of hydrogen-bond donors (Lipinski definition) is 0. The molecule has 0 aliphatic carbocycles. The number of amides is 1. The van der Waals surface area contributed by atoms with E-state index >= 15 is 0 Å². The van der Waals surface area contributed by atoms with Gasteiger partial charge in [-0.15, -0.1) is 11.3 Å². The van der Waals surface area contributed by atoms with E-state index in [-0.39, 0.29) is 17.9 Å². The summed E-state index contributed by atoms with van der Waals surface area (Å²) in [4.78, 5) is 19.1. The third-order valence-electron chi connectivity index (χ3n) is 4.39. The predicted octanol–water partition coefficient (Wildman–Crippen LogP) is 2.35. The van der Waals surface area contributed by atoms with Crippen LogP contribution in [0.5, 0.6) is 11.5 Å². The molecule has 0 bridgehead atoms. The Kier molecular flexibility index (Phi) is 4.85. The van der Waals surface area contributed by atoms with Crippen molar-refractivity contribution in [1.82, 2.24) is 9.88 Å². The standard InChI is InChI=1S/C18H20N2O4S/c21-18(13-5-7-22-11-13)20(10-17-19-6-8-25-17)9-14-12-23-15-3-1-2-4-16(15)24-14/h1-4,6,8,13-14H,5,7,9-12H2/t13-,14-/m1/s1. The quantitative estimate of drug-likeness (QED) is 0.819. The van der Waals surface area contributed by atoms with Crippen LogP contribution in [0, 0.1) is 5.92 Å². The fourth-order valence-corrected chi connectivity index (χ4v) is 3.74. The van der Waals surface area contributed by atoms with Crippen LogP contribution in [0.4, 0.5) is 0 Å². The summed E-state index contributed by atoms with van der Waals surface area (Å²) in [6.07, 6.45) is 2.34. The van der Waals surface area contributed by atoms with Crippen LogP contribution in [-0.4, -0.2) is 48.3 Å². The highest BCUT2D eigenvalue weighted by Crippen LogP contribution is 2.31. The number of aromatic nitrogens is 1. The number of thiazole rings is 1. The van der Waals surface area contributed by atoms with Crippen molar-refractivity contribution in [3.8, 4) is 11.5 Å². The summed E-state index contributed by atoms with van der Waals surface area (Å²) < 4.78 is 17.2. The molecule has 132 valence electrons. The molecule has 1 saturated heterocycles. The molecule has 3 heterocycles. The molecule has 4 rings (SSSR count). The number of hydrogen-bond acceptors (Lipinski definition) is 6. The van der Waals surface area contributed by atoms with E-state index in [2.05, 4.69) is 4.98 Å². The zero-order valence-electron chi connectivity index (χ0n) is 13.8. The topological polar surface area (TPSA) is 60.9 Å². The molecule has 1 aromatic carbocycles. The molecular weight excluding hydrogens is 340 g/mol. The molecule has 7 heteroatoms. The summed E-state index contributed by atoms with van der Waals surface area (Å²) in [5, 5.41) is 2.84. The molecule has 2 atom stereocenters. The lowest BCUT2D eigenvalue weighted by Gasteiger charge is -2.32. The largest absolute Gasteiger partial charge is 0.486 e. The highest BCUT2D eigenvalue weighted by molar-refractivity contribution is 7.09. The van der Waals surface area contributed by atoms with E-state index < -0.39 is 0 Å². The van der Waals surface area contributed by atoms with Crippen LogP contribution in [-0.2, 0) is 16.1 Å². The first-order chi connectivity index (χ1) is 12.3. The minimum absolute atomic E-state index is 0.0724. The van der Waals surface area contributed by atoms with Crippen molar-refractivity contribution in [2.45, 2.75) is 19.1 Å². The molecule has 0 unspecified atom stereocenters. The van der Waals surface area contributed by atoms with E-state index in [9.17, 15) is 4.79 Å². The molecule has 0 spiro atoms. The lowest BCUT2D eigenvalue weighted by atomic mass is 10.1. The van der Waals surface area contributed by atoms with Crippen LogP contribution >= 0.6 is 11.3 Å². The van der Waals surface area contributed by atoms with E-state index in [0.29, 0.717) is 32.9 Å². The first kappa shape index (κ1) is 16.4. The summed E-state index contributed by atoms with van der Waals surface area (Å²) in [5.74, 6) is 1.51. The lowest BCUT2D eigenvalue weighted by Crippen LogP contribution is -2.45. The van der Waals surface area contributed by atoms with Gasteiger partial charge in [0.2, 0.25) is 5.91 Å². The first-order valence-corrected chi connectivity index (χ1v) is 9.31. The van der Waals surface area contributed by atoms with E-state index in [4.69, 9.17) is 14.2 Å². The average molecular weight is 360 g/mol. The van der Waals surface area contributed by atoms with Gasteiger partial charge in [-0.05, 0) is 18.6 Å². The van der Waals surface area contributed by atoms with Crippen molar-refractivity contribution in [3.63, 3.8) is 0 Å². The molecule has 1 aromatic heterocycles. The van der Waals surface area contributed by atoms with E-state index in [0.717, 1.165) is 22.9 Å². The predicted molar refractivity (Wildman–Crippen MR) is 92.8 cm³/mol. The molecule has 25 heavy (non-hydrogen) atoms. The van der Waals surface area contributed by atoms with Crippen molar-refractivity contribution in [2.75, 3.05) is 26.4 Å². The summed E-state index contributed by atoms with van der Waals surface area (Å²) in [6, 6.07) is 7.61. The van der Waals surface area contributed by atoms with Crippen molar-refractivity contribution < 1.29 is 19.0 Å². The van der Waals surface area contributed by atoms with Crippen LogP contribution in [0.25, 0.3) is 0 Å². The smallest absolute Gasteiger partial charge is 0.228 e. The minimum Gasteiger partial charge on any atom is -0.486 e. The number of benzene rings is 1. The van der Waals surface area contributed by atoms with E-state index in [1.54, 1.807) is 17.5 Å². The van der Waals surface area contributed by atoms with Crippen LogP contribution in [0.15, 0.2) is 35.8 Å². The molecular formula is C18H20N2O4S. The molecule has 6 nitrogen and oxygen atoms in total. The SMILES string of the molecule is O=C([C@@H]1CCOC1)N(Cc1nccs1)C[C@@H]1COc2ccccc2O1. The fourth-order valence-electron chi connectivity index (χ4n) is 3.11.